The molecule has 1 saturated carbocycles. The van der Waals surface area contributed by atoms with Crippen LogP contribution in [0.3, 0.4) is 0 Å². The van der Waals surface area contributed by atoms with Crippen LogP contribution < -0.4 is 5.32 Å². The number of hydrogen-bond donors (Lipinski definition) is 2. The summed E-state index contributed by atoms with van der Waals surface area (Å²) in [6.07, 6.45) is 8.22. The fraction of sp³-hybridized carbons (Fsp3) is 0.278. The maximum Gasteiger partial charge on any atom is 0.255 e. The number of aromatic nitrogens is 3. The van der Waals surface area contributed by atoms with Crippen molar-refractivity contribution in [2.24, 2.45) is 0 Å². The van der Waals surface area contributed by atoms with Crippen LogP contribution in [0.5, 0.6) is 0 Å². The second-order valence-electron chi connectivity index (χ2n) is 6.03. The summed E-state index contributed by atoms with van der Waals surface area (Å²) in [5.41, 5.74) is 3.28. The average Bonchev–Trinajstić information content (AvgIpc) is 3.24. The van der Waals surface area contributed by atoms with E-state index in [1.54, 1.807) is 24.5 Å². The monoisotopic (exact) mass is 306 g/mol. The lowest BCUT2D eigenvalue weighted by atomic mass is 10.1. The second-order valence-corrected chi connectivity index (χ2v) is 6.03. The van der Waals surface area contributed by atoms with Crippen LogP contribution in [0, 0.1) is 0 Å². The molecule has 2 N–H and O–H groups in total. The zero-order valence-corrected chi connectivity index (χ0v) is 12.7. The highest BCUT2D eigenvalue weighted by molar-refractivity contribution is 6.04. The summed E-state index contributed by atoms with van der Waals surface area (Å²) < 4.78 is 0. The molecule has 1 aliphatic carbocycles. The number of carbonyl (C=O) groups excluding carboxylic acids is 1. The molecule has 4 rings (SSSR count). The number of nitrogens with zero attached hydrogens (tertiary/aromatic N) is 2. The number of nitrogens with one attached hydrogen (secondary N) is 2. The number of hydrogen-bond acceptors (Lipinski definition) is 3. The normalized spacial score (nSPS) is 15.1. The van der Waals surface area contributed by atoms with E-state index in [0.29, 0.717) is 11.5 Å². The number of carbonyl (C=O) groups is 1. The van der Waals surface area contributed by atoms with Crippen LogP contribution in [0.2, 0.25) is 0 Å². The van der Waals surface area contributed by atoms with Crippen LogP contribution in [0.1, 0.15) is 47.8 Å². The minimum atomic E-state index is -0.137. The van der Waals surface area contributed by atoms with Gasteiger partial charge in [0, 0.05) is 29.6 Å². The molecule has 0 aliphatic heterocycles. The van der Waals surface area contributed by atoms with Gasteiger partial charge in [0.05, 0.1) is 11.0 Å². The van der Waals surface area contributed by atoms with Crippen LogP contribution in [0.15, 0.2) is 42.7 Å². The van der Waals surface area contributed by atoms with Crippen molar-refractivity contribution in [3.8, 4) is 0 Å². The maximum absolute atomic E-state index is 12.2. The van der Waals surface area contributed by atoms with E-state index < -0.39 is 0 Å². The molecule has 1 aromatic carbocycles. The standard InChI is InChI=1S/C18H18N4O/c23-18(13-7-9-19-10-8-13)20-14-5-6-15-16(11-14)22-17(21-15)12-3-1-2-4-12/h5-12H,1-4H2,(H,20,23)(H,21,22). The Balaban J connectivity index is 1.57. The van der Waals surface area contributed by atoms with Gasteiger partial charge in [0.15, 0.2) is 0 Å². The summed E-state index contributed by atoms with van der Waals surface area (Å²) in [5, 5.41) is 2.91. The largest absolute Gasteiger partial charge is 0.342 e. The molecule has 3 aromatic rings. The lowest BCUT2D eigenvalue weighted by Crippen LogP contribution is -2.11. The molecule has 0 radical (unpaired) electrons. The first kappa shape index (κ1) is 13.9. The SMILES string of the molecule is O=C(Nc1ccc2nc(C3CCCC3)[nH]c2c1)c1ccncc1. The molecular formula is C18H18N4O. The molecule has 23 heavy (non-hydrogen) atoms. The fourth-order valence-corrected chi connectivity index (χ4v) is 3.21. The van der Waals surface area contributed by atoms with E-state index in [-0.39, 0.29) is 5.91 Å². The number of pyridine rings is 1. The van der Waals surface area contributed by atoms with E-state index in [2.05, 4.69) is 15.3 Å². The minimum absolute atomic E-state index is 0.137. The number of H-pyrrole nitrogens is 1. The summed E-state index contributed by atoms with van der Waals surface area (Å²) in [4.78, 5) is 24.2. The third-order valence-corrected chi connectivity index (χ3v) is 4.44. The van der Waals surface area contributed by atoms with Gasteiger partial charge in [-0.2, -0.15) is 0 Å². The van der Waals surface area contributed by atoms with Gasteiger partial charge in [-0.1, -0.05) is 12.8 Å². The lowest BCUT2D eigenvalue weighted by Gasteiger charge is -2.04. The number of aromatic amines is 1. The average molecular weight is 306 g/mol. The van der Waals surface area contributed by atoms with E-state index in [1.807, 2.05) is 18.2 Å². The molecule has 5 heteroatoms. The third-order valence-electron chi connectivity index (χ3n) is 4.44. The Kier molecular flexibility index (Phi) is 3.54. The molecule has 2 aromatic heterocycles. The molecule has 1 amide bonds. The van der Waals surface area contributed by atoms with Crippen molar-refractivity contribution in [1.82, 2.24) is 15.0 Å². The van der Waals surface area contributed by atoms with Gasteiger partial charge in [0.25, 0.3) is 5.91 Å². The number of amides is 1. The van der Waals surface area contributed by atoms with Gasteiger partial charge in [-0.15, -0.1) is 0 Å². The summed E-state index contributed by atoms with van der Waals surface area (Å²) in [6.45, 7) is 0. The van der Waals surface area contributed by atoms with Crippen molar-refractivity contribution < 1.29 is 4.79 Å². The smallest absolute Gasteiger partial charge is 0.255 e. The van der Waals surface area contributed by atoms with Gasteiger partial charge in [-0.05, 0) is 43.2 Å². The Labute approximate surface area is 134 Å². The molecule has 116 valence electrons. The Morgan fingerprint density at radius 2 is 1.91 bits per heavy atom. The van der Waals surface area contributed by atoms with Crippen LogP contribution >= 0.6 is 0 Å². The van der Waals surface area contributed by atoms with Crippen molar-refractivity contribution in [2.45, 2.75) is 31.6 Å². The van der Waals surface area contributed by atoms with Crippen molar-refractivity contribution in [3.63, 3.8) is 0 Å². The van der Waals surface area contributed by atoms with E-state index in [0.717, 1.165) is 22.5 Å². The van der Waals surface area contributed by atoms with Crippen molar-refractivity contribution in [3.05, 3.63) is 54.1 Å². The van der Waals surface area contributed by atoms with Gasteiger partial charge < -0.3 is 10.3 Å². The van der Waals surface area contributed by atoms with E-state index in [1.165, 1.54) is 25.7 Å². The van der Waals surface area contributed by atoms with Gasteiger partial charge >= 0.3 is 0 Å². The maximum atomic E-state index is 12.2. The summed E-state index contributed by atoms with van der Waals surface area (Å²) in [6, 6.07) is 9.18. The highest BCUT2D eigenvalue weighted by atomic mass is 16.1. The van der Waals surface area contributed by atoms with Gasteiger partial charge in [-0.25, -0.2) is 4.98 Å². The molecule has 0 spiro atoms. The highest BCUT2D eigenvalue weighted by Crippen LogP contribution is 2.33. The Morgan fingerprint density at radius 3 is 2.70 bits per heavy atom. The van der Waals surface area contributed by atoms with E-state index >= 15 is 0 Å². The highest BCUT2D eigenvalue weighted by Gasteiger charge is 2.20. The lowest BCUT2D eigenvalue weighted by molar-refractivity contribution is 0.102. The molecule has 0 unspecified atom stereocenters. The van der Waals surface area contributed by atoms with E-state index in [4.69, 9.17) is 4.98 Å². The zero-order chi connectivity index (χ0) is 15.6. The number of imidazole rings is 1. The Morgan fingerprint density at radius 1 is 1.13 bits per heavy atom. The first-order valence-corrected chi connectivity index (χ1v) is 8.00. The molecule has 0 saturated heterocycles. The molecule has 1 aliphatic rings. The number of benzene rings is 1. The Bertz CT molecular complexity index is 835. The number of rotatable bonds is 3. The minimum Gasteiger partial charge on any atom is -0.342 e. The third kappa shape index (κ3) is 2.82. The topological polar surface area (TPSA) is 70.7 Å². The van der Waals surface area contributed by atoms with Crippen LogP contribution in [0.25, 0.3) is 11.0 Å². The quantitative estimate of drug-likeness (QED) is 0.771. The fourth-order valence-electron chi connectivity index (χ4n) is 3.21. The first-order chi connectivity index (χ1) is 11.3. The second kappa shape index (κ2) is 5.83. The Hall–Kier alpha value is -2.69. The predicted octanol–water partition coefficient (Wildman–Crippen LogP) is 3.87. The van der Waals surface area contributed by atoms with Crippen molar-refractivity contribution in [2.75, 3.05) is 5.32 Å². The molecular weight excluding hydrogens is 288 g/mol. The molecule has 0 bridgehead atoms. The number of fused-ring (bicyclic) bond motifs is 1. The van der Waals surface area contributed by atoms with Crippen molar-refractivity contribution in [1.29, 1.82) is 0 Å². The molecule has 1 fully saturated rings. The van der Waals surface area contributed by atoms with Gasteiger partial charge in [0.1, 0.15) is 5.82 Å². The summed E-state index contributed by atoms with van der Waals surface area (Å²) >= 11 is 0. The summed E-state index contributed by atoms with van der Waals surface area (Å²) in [7, 11) is 0. The van der Waals surface area contributed by atoms with Gasteiger partial charge in [0.2, 0.25) is 0 Å². The van der Waals surface area contributed by atoms with Crippen molar-refractivity contribution >= 4 is 22.6 Å². The molecule has 2 heterocycles. The number of anilines is 1. The van der Waals surface area contributed by atoms with Gasteiger partial charge in [-0.3, -0.25) is 9.78 Å². The van der Waals surface area contributed by atoms with Crippen LogP contribution in [-0.4, -0.2) is 20.9 Å². The van der Waals surface area contributed by atoms with Crippen LogP contribution in [-0.2, 0) is 0 Å². The zero-order valence-electron chi connectivity index (χ0n) is 12.7. The predicted molar refractivity (Wildman–Crippen MR) is 89.5 cm³/mol. The molecule has 5 nitrogen and oxygen atoms in total. The molecule has 0 atom stereocenters. The summed E-state index contributed by atoms with van der Waals surface area (Å²) in [5.74, 6) is 1.50. The van der Waals surface area contributed by atoms with E-state index in [9.17, 15) is 4.79 Å². The first-order valence-electron chi connectivity index (χ1n) is 8.00. The van der Waals surface area contributed by atoms with Crippen LogP contribution in [0.4, 0.5) is 5.69 Å².